The van der Waals surface area contributed by atoms with Crippen LogP contribution in [0.4, 0.5) is 0 Å². The molecule has 30 heavy (non-hydrogen) atoms. The Morgan fingerprint density at radius 1 is 1.13 bits per heavy atom. The maximum atomic E-state index is 8.80. The number of ether oxygens (including phenoxy) is 2. The van der Waals surface area contributed by atoms with Gasteiger partial charge in [-0.15, -0.1) is 11.3 Å². The first kappa shape index (κ1) is 19.3. The van der Waals surface area contributed by atoms with Crippen molar-refractivity contribution in [3.05, 3.63) is 60.6 Å². The van der Waals surface area contributed by atoms with Crippen molar-refractivity contribution in [2.75, 3.05) is 13.2 Å². The minimum Gasteiger partial charge on any atom is -0.452 e. The highest BCUT2D eigenvalue weighted by atomic mass is 32.1. The van der Waals surface area contributed by atoms with Gasteiger partial charge >= 0.3 is 0 Å². The van der Waals surface area contributed by atoms with E-state index in [1.807, 2.05) is 30.5 Å². The standard InChI is InChI=1S/C24H25N3O2S/c25-23(17-9-12-28-13-10-17)21(15-27-18-6-7-18)29-20-8-11-26-19-14-22(30-24(19)20)16-4-2-1-3-5-16/h1-5,8,11,14-15,17-18,25,27H,6-7,9-10,12-13H2/b21-15+,25-23?. The van der Waals surface area contributed by atoms with Crippen LogP contribution in [0.25, 0.3) is 20.7 Å². The van der Waals surface area contributed by atoms with E-state index in [4.69, 9.17) is 14.9 Å². The molecule has 2 N–H and O–H groups in total. The third-order valence-electron chi connectivity index (χ3n) is 5.58. The number of benzene rings is 1. The molecular formula is C24H25N3O2S. The Morgan fingerprint density at radius 3 is 2.70 bits per heavy atom. The molecule has 2 aliphatic rings. The first-order valence-electron chi connectivity index (χ1n) is 10.5. The number of pyridine rings is 1. The van der Waals surface area contributed by atoms with Crippen LogP contribution in [-0.2, 0) is 4.74 Å². The molecule has 3 heterocycles. The van der Waals surface area contributed by atoms with E-state index in [-0.39, 0.29) is 5.92 Å². The molecule has 2 aromatic heterocycles. The van der Waals surface area contributed by atoms with Crippen LogP contribution in [-0.4, -0.2) is 30.0 Å². The predicted octanol–water partition coefficient (Wildman–Crippen LogP) is 5.38. The van der Waals surface area contributed by atoms with E-state index in [1.165, 1.54) is 18.4 Å². The zero-order valence-corrected chi connectivity index (χ0v) is 17.6. The molecule has 6 heteroatoms. The second-order valence-electron chi connectivity index (χ2n) is 7.85. The maximum Gasteiger partial charge on any atom is 0.164 e. The molecule has 1 aromatic carbocycles. The van der Waals surface area contributed by atoms with E-state index in [1.54, 1.807) is 17.5 Å². The van der Waals surface area contributed by atoms with Crippen LogP contribution >= 0.6 is 11.3 Å². The topological polar surface area (TPSA) is 67.2 Å². The molecule has 2 fully saturated rings. The molecule has 0 radical (unpaired) electrons. The van der Waals surface area contributed by atoms with Crippen LogP contribution in [0, 0.1) is 11.3 Å². The van der Waals surface area contributed by atoms with Gasteiger partial charge in [0, 0.05) is 48.5 Å². The molecule has 1 saturated carbocycles. The smallest absolute Gasteiger partial charge is 0.164 e. The lowest BCUT2D eigenvalue weighted by Gasteiger charge is -2.24. The molecule has 5 rings (SSSR count). The second-order valence-corrected chi connectivity index (χ2v) is 8.90. The Hall–Kier alpha value is -2.70. The molecule has 0 atom stereocenters. The highest BCUT2D eigenvalue weighted by Gasteiger charge is 2.25. The van der Waals surface area contributed by atoms with Crippen molar-refractivity contribution in [2.24, 2.45) is 5.92 Å². The molecular weight excluding hydrogens is 394 g/mol. The number of rotatable bonds is 7. The van der Waals surface area contributed by atoms with E-state index in [0.29, 0.717) is 30.7 Å². The number of thiophene rings is 1. The Bertz CT molecular complexity index is 1070. The van der Waals surface area contributed by atoms with Crippen LogP contribution in [0.1, 0.15) is 25.7 Å². The summed E-state index contributed by atoms with van der Waals surface area (Å²) in [6, 6.07) is 14.8. The molecule has 1 saturated heterocycles. The zero-order chi connectivity index (χ0) is 20.3. The fourth-order valence-electron chi connectivity index (χ4n) is 3.65. The van der Waals surface area contributed by atoms with E-state index in [9.17, 15) is 0 Å². The van der Waals surface area contributed by atoms with Crippen LogP contribution in [0.2, 0.25) is 0 Å². The summed E-state index contributed by atoms with van der Waals surface area (Å²) in [5.41, 5.74) is 2.65. The molecule has 0 bridgehead atoms. The molecule has 1 aliphatic heterocycles. The lowest BCUT2D eigenvalue weighted by Crippen LogP contribution is -2.27. The molecule has 0 spiro atoms. The van der Waals surface area contributed by atoms with Crippen LogP contribution in [0.15, 0.2) is 60.6 Å². The lowest BCUT2D eigenvalue weighted by molar-refractivity contribution is 0.0822. The summed E-state index contributed by atoms with van der Waals surface area (Å²) in [5, 5.41) is 12.2. The van der Waals surface area contributed by atoms with Crippen molar-refractivity contribution in [2.45, 2.75) is 31.7 Å². The van der Waals surface area contributed by atoms with Gasteiger partial charge in [0.05, 0.1) is 15.9 Å². The van der Waals surface area contributed by atoms with E-state index >= 15 is 0 Å². The van der Waals surface area contributed by atoms with Crippen molar-refractivity contribution in [3.63, 3.8) is 0 Å². The average molecular weight is 420 g/mol. The summed E-state index contributed by atoms with van der Waals surface area (Å²) in [7, 11) is 0. The fraction of sp³-hybridized carbons (Fsp3) is 0.333. The molecule has 1 aliphatic carbocycles. The predicted molar refractivity (Wildman–Crippen MR) is 121 cm³/mol. The van der Waals surface area contributed by atoms with Gasteiger partial charge in [0.2, 0.25) is 0 Å². The number of hydrogen-bond donors (Lipinski definition) is 2. The minimum atomic E-state index is 0.173. The Balaban J connectivity index is 1.45. The van der Waals surface area contributed by atoms with Gasteiger partial charge in [-0.3, -0.25) is 4.98 Å². The number of hydrogen-bond acceptors (Lipinski definition) is 6. The average Bonchev–Trinajstić information content (AvgIpc) is 3.53. The van der Waals surface area contributed by atoms with Crippen LogP contribution in [0.5, 0.6) is 5.75 Å². The third kappa shape index (κ3) is 4.25. The summed E-state index contributed by atoms with van der Waals surface area (Å²) in [5.74, 6) is 1.54. The zero-order valence-electron chi connectivity index (χ0n) is 16.8. The molecule has 3 aromatic rings. The van der Waals surface area contributed by atoms with Crippen molar-refractivity contribution < 1.29 is 9.47 Å². The Labute approximate surface area is 180 Å². The highest BCUT2D eigenvalue weighted by Crippen LogP contribution is 2.38. The Morgan fingerprint density at radius 2 is 1.93 bits per heavy atom. The van der Waals surface area contributed by atoms with Crippen LogP contribution < -0.4 is 10.1 Å². The second kappa shape index (κ2) is 8.58. The van der Waals surface area contributed by atoms with Gasteiger partial charge in [-0.2, -0.15) is 0 Å². The molecule has 0 amide bonds. The molecule has 5 nitrogen and oxygen atoms in total. The number of nitrogens with one attached hydrogen (secondary N) is 2. The molecule has 0 unspecified atom stereocenters. The SMILES string of the molecule is N=C(/C(=C\NC1CC1)Oc1ccnc2cc(-c3ccccc3)sc12)C1CCOCC1. The fourth-order valence-corrected chi connectivity index (χ4v) is 4.72. The van der Waals surface area contributed by atoms with Gasteiger partial charge in [-0.05, 0) is 37.3 Å². The quantitative estimate of drug-likeness (QED) is 0.398. The van der Waals surface area contributed by atoms with E-state index in [0.717, 1.165) is 33.7 Å². The van der Waals surface area contributed by atoms with E-state index < -0.39 is 0 Å². The largest absolute Gasteiger partial charge is 0.452 e. The summed E-state index contributed by atoms with van der Waals surface area (Å²) in [4.78, 5) is 5.70. The van der Waals surface area contributed by atoms with Gasteiger partial charge in [0.1, 0.15) is 5.75 Å². The minimum absolute atomic E-state index is 0.173. The number of nitrogens with zero attached hydrogens (tertiary/aromatic N) is 1. The first-order chi connectivity index (χ1) is 14.8. The highest BCUT2D eigenvalue weighted by molar-refractivity contribution is 7.22. The monoisotopic (exact) mass is 419 g/mol. The van der Waals surface area contributed by atoms with Gasteiger partial charge in [0.15, 0.2) is 5.76 Å². The van der Waals surface area contributed by atoms with Gasteiger partial charge < -0.3 is 20.2 Å². The van der Waals surface area contributed by atoms with Crippen molar-refractivity contribution in [1.82, 2.24) is 10.3 Å². The normalized spacial score (nSPS) is 17.8. The maximum absolute atomic E-state index is 8.80. The molecule has 154 valence electrons. The van der Waals surface area contributed by atoms with Gasteiger partial charge in [0.25, 0.3) is 0 Å². The van der Waals surface area contributed by atoms with Gasteiger partial charge in [-0.25, -0.2) is 0 Å². The summed E-state index contributed by atoms with van der Waals surface area (Å²) < 4.78 is 12.9. The van der Waals surface area contributed by atoms with Crippen LogP contribution in [0.3, 0.4) is 0 Å². The summed E-state index contributed by atoms with van der Waals surface area (Å²) in [6.45, 7) is 1.42. The van der Waals surface area contributed by atoms with Crippen molar-refractivity contribution in [1.29, 1.82) is 5.41 Å². The number of allylic oxidation sites excluding steroid dienone is 1. The van der Waals surface area contributed by atoms with Crippen molar-refractivity contribution >= 4 is 27.3 Å². The van der Waals surface area contributed by atoms with E-state index in [2.05, 4.69) is 28.5 Å². The number of aromatic nitrogens is 1. The lowest BCUT2D eigenvalue weighted by atomic mass is 9.93. The number of fused-ring (bicyclic) bond motifs is 1. The third-order valence-corrected chi connectivity index (χ3v) is 6.76. The van der Waals surface area contributed by atoms with Crippen molar-refractivity contribution in [3.8, 4) is 16.2 Å². The summed E-state index contributed by atoms with van der Waals surface area (Å²) >= 11 is 1.68. The van der Waals surface area contributed by atoms with Gasteiger partial charge in [-0.1, -0.05) is 30.3 Å². The summed E-state index contributed by atoms with van der Waals surface area (Å²) in [6.07, 6.45) is 7.77. The first-order valence-corrected chi connectivity index (χ1v) is 11.3. The Kier molecular flexibility index (Phi) is 5.51.